The first kappa shape index (κ1) is 27.6. The van der Waals surface area contributed by atoms with E-state index in [0.29, 0.717) is 50.8 Å². The lowest BCUT2D eigenvalue weighted by Gasteiger charge is -2.29. The van der Waals surface area contributed by atoms with E-state index in [0.717, 1.165) is 18.5 Å². The molecule has 210 valence electrons. The fourth-order valence-electron chi connectivity index (χ4n) is 4.94. The summed E-state index contributed by atoms with van der Waals surface area (Å²) in [4.78, 5) is 15.6. The van der Waals surface area contributed by atoms with Crippen molar-refractivity contribution in [1.82, 2.24) is 19.0 Å². The summed E-state index contributed by atoms with van der Waals surface area (Å²) in [5, 5.41) is 4.84. The lowest BCUT2D eigenvalue weighted by atomic mass is 10.0. The number of para-hydroxylation sites is 1. The molecule has 4 aromatic rings. The molecule has 4 heterocycles. The second-order valence-electron chi connectivity index (χ2n) is 10.2. The Labute approximate surface area is 248 Å². The van der Waals surface area contributed by atoms with Gasteiger partial charge < -0.3 is 4.42 Å². The molecule has 0 unspecified atom stereocenters. The van der Waals surface area contributed by atoms with Gasteiger partial charge in [-0.15, -0.1) is 0 Å². The van der Waals surface area contributed by atoms with Gasteiger partial charge in [-0.1, -0.05) is 61.2 Å². The number of piperidine rings is 1. The number of hydrogen-bond donors (Lipinski definition) is 0. The van der Waals surface area contributed by atoms with Crippen LogP contribution in [0, 0.1) is 5.92 Å². The number of thioether (sulfide) groups is 1. The number of aromatic nitrogens is 2. The number of hydrogen-bond acceptors (Lipinski definition) is 7. The summed E-state index contributed by atoms with van der Waals surface area (Å²) >= 11 is 6.73. The molecule has 0 radical (unpaired) electrons. The Kier molecular flexibility index (Phi) is 7.69. The summed E-state index contributed by atoms with van der Waals surface area (Å²) in [6.07, 6.45) is 6.88. The van der Waals surface area contributed by atoms with Gasteiger partial charge in [0.15, 0.2) is 0 Å². The molecule has 2 fully saturated rings. The summed E-state index contributed by atoms with van der Waals surface area (Å²) < 4.78 is 36.2. The number of furan rings is 1. The molecule has 8 nitrogen and oxygen atoms in total. The summed E-state index contributed by atoms with van der Waals surface area (Å²) in [6.45, 7) is 3.43. The first-order valence-electron chi connectivity index (χ1n) is 13.3. The van der Waals surface area contributed by atoms with Crippen LogP contribution in [-0.2, 0) is 21.4 Å². The fraction of sp³-hybridized carbons (Fsp3) is 0.233. The van der Waals surface area contributed by atoms with E-state index >= 15 is 0 Å². The average molecular weight is 605 g/mol. The summed E-state index contributed by atoms with van der Waals surface area (Å²) in [7, 11) is -3.65. The molecular weight excluding hydrogens is 577 g/mol. The van der Waals surface area contributed by atoms with Gasteiger partial charge >= 0.3 is 0 Å². The molecule has 0 spiro atoms. The van der Waals surface area contributed by atoms with E-state index < -0.39 is 10.0 Å². The molecular formula is C30H28N4O4S3. The number of thiocarbonyl (C=S) groups is 1. The Bertz CT molecular complexity index is 1720. The molecule has 0 saturated carbocycles. The fourth-order valence-corrected chi connectivity index (χ4v) is 7.71. The molecule has 2 aliphatic rings. The predicted molar refractivity (Wildman–Crippen MR) is 164 cm³/mol. The molecule has 6 rings (SSSR count). The smallest absolute Gasteiger partial charge is 0.266 e. The highest BCUT2D eigenvalue weighted by molar-refractivity contribution is 8.26. The van der Waals surface area contributed by atoms with Crippen molar-refractivity contribution in [2.75, 3.05) is 13.1 Å². The number of carbonyl (C=O) groups excluding carboxylic acids is 1. The van der Waals surface area contributed by atoms with Crippen molar-refractivity contribution < 1.29 is 17.6 Å². The summed E-state index contributed by atoms with van der Waals surface area (Å²) in [6, 6.07) is 20.1. The van der Waals surface area contributed by atoms with Crippen LogP contribution in [0.4, 0.5) is 0 Å². The number of amides is 1. The zero-order valence-corrected chi connectivity index (χ0v) is 24.8. The third kappa shape index (κ3) is 5.67. The molecule has 41 heavy (non-hydrogen) atoms. The number of nitrogens with zero attached hydrogens (tertiary/aromatic N) is 4. The second-order valence-corrected chi connectivity index (χ2v) is 13.8. The van der Waals surface area contributed by atoms with Gasteiger partial charge in [-0.05, 0) is 61.2 Å². The Morgan fingerprint density at radius 3 is 2.59 bits per heavy atom. The van der Waals surface area contributed by atoms with Crippen LogP contribution in [0.5, 0.6) is 0 Å². The van der Waals surface area contributed by atoms with Crippen molar-refractivity contribution in [2.24, 2.45) is 5.92 Å². The first-order chi connectivity index (χ1) is 19.8. The first-order valence-corrected chi connectivity index (χ1v) is 16.0. The largest absolute Gasteiger partial charge is 0.467 e. The van der Waals surface area contributed by atoms with Crippen LogP contribution in [0.2, 0.25) is 0 Å². The van der Waals surface area contributed by atoms with Crippen LogP contribution >= 0.6 is 24.0 Å². The van der Waals surface area contributed by atoms with Gasteiger partial charge in [-0.3, -0.25) is 9.69 Å². The Balaban J connectivity index is 1.38. The molecule has 0 aliphatic carbocycles. The SMILES string of the molecule is CC1CCN(S(=O)(=O)c2cccc(-c3nn(-c4ccccc4)cc3/C=C3\SC(=S)N(Cc4ccco4)C3=O)c2)CC1. The number of rotatable bonds is 7. The van der Waals surface area contributed by atoms with Gasteiger partial charge in [0.05, 0.1) is 28.3 Å². The van der Waals surface area contributed by atoms with Gasteiger partial charge in [-0.25, -0.2) is 13.1 Å². The molecule has 2 aliphatic heterocycles. The number of benzene rings is 2. The third-order valence-corrected chi connectivity index (χ3v) is 10.6. The van der Waals surface area contributed by atoms with Crippen molar-refractivity contribution in [3.63, 3.8) is 0 Å². The molecule has 2 aromatic carbocycles. The van der Waals surface area contributed by atoms with Gasteiger partial charge in [-0.2, -0.15) is 9.40 Å². The quantitative estimate of drug-likeness (QED) is 0.190. The molecule has 0 N–H and O–H groups in total. The molecule has 11 heteroatoms. The highest BCUT2D eigenvalue weighted by atomic mass is 32.2. The maximum atomic E-state index is 13.5. The van der Waals surface area contributed by atoms with Crippen LogP contribution in [-0.4, -0.2) is 50.7 Å². The van der Waals surface area contributed by atoms with Crippen LogP contribution in [0.15, 0.2) is 93.4 Å². The van der Waals surface area contributed by atoms with Crippen molar-refractivity contribution >= 4 is 50.3 Å². The third-order valence-electron chi connectivity index (χ3n) is 7.31. The molecule has 1 amide bonds. The van der Waals surface area contributed by atoms with Crippen LogP contribution in [0.25, 0.3) is 23.0 Å². The normalized spacial score (nSPS) is 18.1. The second kappa shape index (κ2) is 11.4. The topological polar surface area (TPSA) is 88.7 Å². The lowest BCUT2D eigenvalue weighted by molar-refractivity contribution is -0.122. The van der Waals surface area contributed by atoms with E-state index in [4.69, 9.17) is 21.7 Å². The van der Waals surface area contributed by atoms with Crippen LogP contribution < -0.4 is 0 Å². The average Bonchev–Trinajstić information content (AvgIpc) is 3.71. The summed E-state index contributed by atoms with van der Waals surface area (Å²) in [5.41, 5.74) is 2.72. The zero-order valence-electron chi connectivity index (χ0n) is 22.3. The van der Waals surface area contributed by atoms with Crippen molar-refractivity contribution in [1.29, 1.82) is 0 Å². The standard InChI is InChI=1S/C30H28N4O4S3/c1-21-12-14-32(15-13-21)41(36,37)26-11-5-7-22(17-26)28-23(19-34(31-28)24-8-3-2-4-9-24)18-27-29(35)33(30(39)40-27)20-25-10-6-16-38-25/h2-11,16-19,21H,12-15,20H2,1H3/b27-18-. The maximum Gasteiger partial charge on any atom is 0.266 e. The molecule has 0 bridgehead atoms. The number of carbonyl (C=O) groups is 1. The van der Waals surface area contributed by atoms with Crippen molar-refractivity contribution in [3.8, 4) is 16.9 Å². The van der Waals surface area contributed by atoms with Gasteiger partial charge in [0, 0.05) is 30.4 Å². The summed E-state index contributed by atoms with van der Waals surface area (Å²) in [5.74, 6) is 0.941. The van der Waals surface area contributed by atoms with Gasteiger partial charge in [0.1, 0.15) is 15.8 Å². The van der Waals surface area contributed by atoms with E-state index in [1.54, 1.807) is 51.7 Å². The van der Waals surface area contributed by atoms with Gasteiger partial charge in [0.25, 0.3) is 5.91 Å². The molecule has 2 aromatic heterocycles. The monoisotopic (exact) mass is 604 g/mol. The van der Waals surface area contributed by atoms with E-state index in [2.05, 4.69) is 6.92 Å². The molecule has 2 saturated heterocycles. The van der Waals surface area contributed by atoms with Crippen molar-refractivity contribution in [2.45, 2.75) is 31.2 Å². The van der Waals surface area contributed by atoms with Crippen LogP contribution in [0.1, 0.15) is 31.1 Å². The molecule has 0 atom stereocenters. The van der Waals surface area contributed by atoms with Gasteiger partial charge in [0.2, 0.25) is 10.0 Å². The predicted octanol–water partition coefficient (Wildman–Crippen LogP) is 5.95. The van der Waals surface area contributed by atoms with E-state index in [1.165, 1.54) is 16.7 Å². The maximum absolute atomic E-state index is 13.5. The minimum absolute atomic E-state index is 0.217. The lowest BCUT2D eigenvalue weighted by Crippen LogP contribution is -2.37. The Morgan fingerprint density at radius 2 is 1.85 bits per heavy atom. The highest BCUT2D eigenvalue weighted by Gasteiger charge is 2.33. The van der Waals surface area contributed by atoms with E-state index in [1.807, 2.05) is 42.6 Å². The minimum atomic E-state index is -3.65. The van der Waals surface area contributed by atoms with E-state index in [-0.39, 0.29) is 17.3 Å². The number of sulfonamides is 1. The highest BCUT2D eigenvalue weighted by Crippen LogP contribution is 2.36. The van der Waals surface area contributed by atoms with Crippen molar-refractivity contribution in [3.05, 3.63) is 95.4 Å². The van der Waals surface area contributed by atoms with E-state index in [9.17, 15) is 13.2 Å². The Hall–Kier alpha value is -3.51. The minimum Gasteiger partial charge on any atom is -0.467 e. The Morgan fingerprint density at radius 1 is 1.07 bits per heavy atom. The van der Waals surface area contributed by atoms with Crippen LogP contribution in [0.3, 0.4) is 0 Å². The zero-order chi connectivity index (χ0) is 28.6.